The fourth-order valence-electron chi connectivity index (χ4n) is 9.24. The first-order valence-electron chi connectivity index (χ1n) is 17.9. The van der Waals surface area contributed by atoms with E-state index < -0.39 is 0 Å². The maximum atomic E-state index is 5.62. The number of nitrogens with zero attached hydrogens (tertiary/aromatic N) is 3. The summed E-state index contributed by atoms with van der Waals surface area (Å²) in [7, 11) is 0. The van der Waals surface area contributed by atoms with Crippen LogP contribution in [-0.2, 0) is 16.2 Å². The molecular weight excluding hydrogens is 593 g/mol. The molecule has 0 N–H and O–H groups in total. The van der Waals surface area contributed by atoms with E-state index in [9.17, 15) is 0 Å². The van der Waals surface area contributed by atoms with Crippen LogP contribution in [0.1, 0.15) is 79.0 Å². The van der Waals surface area contributed by atoms with E-state index in [-0.39, 0.29) is 23.0 Å². The molecule has 0 amide bonds. The minimum absolute atomic E-state index is 0.00652. The predicted octanol–water partition coefficient (Wildman–Crippen LogP) is 9.44. The molecule has 0 fully saturated rings. The Bertz CT molecular complexity index is 2770. The van der Waals surface area contributed by atoms with E-state index in [1.165, 1.54) is 88.0 Å². The summed E-state index contributed by atoms with van der Waals surface area (Å²) in [4.78, 5) is 5.62. The van der Waals surface area contributed by atoms with Crippen LogP contribution in [0.3, 0.4) is 0 Å². The summed E-state index contributed by atoms with van der Waals surface area (Å²) < 4.78 is 4.99. The number of rotatable bonds is 0. The van der Waals surface area contributed by atoms with Crippen LogP contribution in [0.2, 0.25) is 0 Å². The van der Waals surface area contributed by atoms with Crippen molar-refractivity contribution in [2.45, 2.75) is 78.6 Å². The van der Waals surface area contributed by atoms with Crippen molar-refractivity contribution in [3.05, 3.63) is 108 Å². The highest BCUT2D eigenvalue weighted by atomic mass is 15.2. The molecule has 10 rings (SSSR count). The van der Waals surface area contributed by atoms with Crippen molar-refractivity contribution in [1.82, 2.24) is 14.0 Å². The van der Waals surface area contributed by atoms with Gasteiger partial charge in [-0.2, -0.15) is 0 Å². The Morgan fingerprint density at radius 1 is 0.592 bits per heavy atom. The number of hydrogen-bond acceptors (Lipinski definition) is 1. The van der Waals surface area contributed by atoms with Crippen LogP contribution in [0, 0.1) is 0 Å². The molecular formula is C45H42BN3. The van der Waals surface area contributed by atoms with Crippen LogP contribution in [0.5, 0.6) is 0 Å². The minimum Gasteiger partial charge on any atom is -0.281 e. The first-order chi connectivity index (χ1) is 23.2. The highest BCUT2D eigenvalue weighted by molar-refractivity contribution is 7.01. The molecule has 2 aliphatic rings. The third kappa shape index (κ3) is 3.67. The van der Waals surface area contributed by atoms with Gasteiger partial charge in [0.2, 0.25) is 12.5 Å². The second-order valence-electron chi connectivity index (χ2n) is 17.7. The van der Waals surface area contributed by atoms with Crippen molar-refractivity contribution in [1.29, 1.82) is 0 Å². The zero-order valence-corrected chi connectivity index (χ0v) is 30.1. The summed E-state index contributed by atoms with van der Waals surface area (Å²) >= 11 is 0. The minimum atomic E-state index is -0.0699. The summed E-state index contributed by atoms with van der Waals surface area (Å²) in [6.07, 6.45) is 0. The van der Waals surface area contributed by atoms with Gasteiger partial charge in [0.05, 0.1) is 22.1 Å². The summed E-state index contributed by atoms with van der Waals surface area (Å²) in [5, 5.41) is 5.37. The maximum absolute atomic E-state index is 5.62. The molecule has 0 saturated carbocycles. The quantitative estimate of drug-likeness (QED) is 0.152. The van der Waals surface area contributed by atoms with Crippen molar-refractivity contribution in [3.63, 3.8) is 0 Å². The van der Waals surface area contributed by atoms with E-state index in [4.69, 9.17) is 4.98 Å². The number of benzene rings is 6. The van der Waals surface area contributed by atoms with E-state index in [0.717, 1.165) is 11.3 Å². The van der Waals surface area contributed by atoms with Gasteiger partial charge in [0.15, 0.2) is 0 Å². The van der Waals surface area contributed by atoms with Crippen molar-refractivity contribution in [2.24, 2.45) is 0 Å². The molecule has 0 aliphatic carbocycles. The number of hydrogen-bond donors (Lipinski definition) is 0. The number of aromatic nitrogens is 3. The number of imidazole rings is 1. The molecule has 4 heterocycles. The molecule has 0 radical (unpaired) electrons. The third-order valence-electron chi connectivity index (χ3n) is 11.5. The van der Waals surface area contributed by atoms with Crippen molar-refractivity contribution < 1.29 is 0 Å². The second kappa shape index (κ2) is 9.04. The van der Waals surface area contributed by atoms with Gasteiger partial charge >= 0.3 is 0 Å². The van der Waals surface area contributed by atoms with Crippen LogP contribution >= 0.6 is 0 Å². The van der Waals surface area contributed by atoms with Crippen LogP contribution in [0.4, 0.5) is 0 Å². The molecule has 0 bridgehead atoms. The lowest BCUT2D eigenvalue weighted by atomic mass is 9.32. The van der Waals surface area contributed by atoms with Gasteiger partial charge in [0.25, 0.3) is 0 Å². The molecule has 0 saturated heterocycles. The molecule has 8 aromatic rings. The van der Waals surface area contributed by atoms with Gasteiger partial charge in [-0.05, 0) is 95.4 Å². The largest absolute Gasteiger partial charge is 0.281 e. The average molecular weight is 636 g/mol. The molecule has 2 aliphatic heterocycles. The summed E-state index contributed by atoms with van der Waals surface area (Å²) in [6, 6.07) is 35.1. The predicted molar refractivity (Wildman–Crippen MR) is 211 cm³/mol. The third-order valence-corrected chi connectivity index (χ3v) is 11.5. The van der Waals surface area contributed by atoms with E-state index in [1.54, 1.807) is 0 Å². The summed E-state index contributed by atoms with van der Waals surface area (Å²) in [5.41, 5.74) is 16.9. The Labute approximate surface area is 288 Å². The Morgan fingerprint density at radius 2 is 1.35 bits per heavy atom. The monoisotopic (exact) mass is 635 g/mol. The molecule has 2 aromatic heterocycles. The Hall–Kier alpha value is -4.83. The van der Waals surface area contributed by atoms with Gasteiger partial charge in [0, 0.05) is 11.1 Å². The maximum Gasteiger partial charge on any atom is 0.248 e. The van der Waals surface area contributed by atoms with E-state index in [0.29, 0.717) is 0 Å². The highest BCUT2D eigenvalue weighted by Gasteiger charge is 2.41. The molecule has 0 atom stereocenters. The lowest BCUT2D eigenvalue weighted by Crippen LogP contribution is -2.58. The SMILES string of the molecule is CC(C)(C)c1cc(C(C)(C)C)c2c(c1)nc1n3c4c5c(cc6cccc(c64)n21)-c1cccc2c(C(C)(C)C)ccc(c12)B5c1ccccc1-3. The van der Waals surface area contributed by atoms with Crippen LogP contribution in [0.25, 0.3) is 66.2 Å². The molecule has 240 valence electrons. The van der Waals surface area contributed by atoms with E-state index in [2.05, 4.69) is 162 Å². The van der Waals surface area contributed by atoms with Gasteiger partial charge in [0.1, 0.15) is 0 Å². The number of fused-ring (bicyclic) bond motifs is 10. The summed E-state index contributed by atoms with van der Waals surface area (Å²) in [5.74, 6) is 0.984. The average Bonchev–Trinajstić information content (AvgIpc) is 3.44. The van der Waals surface area contributed by atoms with Crippen LogP contribution in [-0.4, -0.2) is 20.7 Å². The molecule has 4 heteroatoms. The first-order valence-corrected chi connectivity index (χ1v) is 17.9. The summed E-state index contributed by atoms with van der Waals surface area (Å²) in [6.45, 7) is 21.1. The smallest absolute Gasteiger partial charge is 0.248 e. The van der Waals surface area contributed by atoms with Crippen molar-refractivity contribution >= 4 is 72.5 Å². The van der Waals surface area contributed by atoms with Crippen molar-refractivity contribution in [2.75, 3.05) is 0 Å². The lowest BCUT2D eigenvalue weighted by Gasteiger charge is -2.36. The number of para-hydroxylation sites is 1. The highest BCUT2D eigenvalue weighted by Crippen LogP contribution is 2.44. The lowest BCUT2D eigenvalue weighted by molar-refractivity contribution is 0.572. The topological polar surface area (TPSA) is 22.2 Å². The van der Waals surface area contributed by atoms with E-state index in [1.807, 2.05) is 0 Å². The van der Waals surface area contributed by atoms with Gasteiger partial charge in [-0.15, -0.1) is 0 Å². The Morgan fingerprint density at radius 3 is 2.10 bits per heavy atom. The molecule has 0 spiro atoms. The van der Waals surface area contributed by atoms with Gasteiger partial charge < -0.3 is 0 Å². The molecule has 0 unspecified atom stereocenters. The first kappa shape index (κ1) is 29.1. The van der Waals surface area contributed by atoms with E-state index >= 15 is 0 Å². The standard InChI is InChI=1S/C45H42BN3/c1-43(2,3)26-23-31(45(7,8)9)40-34(24-26)47-42-48-35-18-11-10-17-32(35)46-33-21-20-30(44(4,5)6)28-16-13-15-27(38(28)33)29-22-25-14-12-19-36(49(40)42)37(25)41(48)39(29)46/h10-24H,1-9H3. The molecule has 49 heavy (non-hydrogen) atoms. The van der Waals surface area contributed by atoms with Gasteiger partial charge in [-0.1, -0.05) is 135 Å². The molecule has 3 nitrogen and oxygen atoms in total. The van der Waals surface area contributed by atoms with Crippen LogP contribution < -0.4 is 16.4 Å². The molecule has 6 aromatic carbocycles. The fourth-order valence-corrected chi connectivity index (χ4v) is 9.24. The zero-order valence-electron chi connectivity index (χ0n) is 30.1. The second-order valence-corrected chi connectivity index (χ2v) is 17.7. The van der Waals surface area contributed by atoms with Gasteiger partial charge in [-0.3, -0.25) is 8.97 Å². The normalized spacial score (nSPS) is 14.2. The Kier molecular flexibility index (Phi) is 5.37. The Balaban J connectivity index is 1.47. The van der Waals surface area contributed by atoms with Gasteiger partial charge in [-0.25, -0.2) is 4.98 Å². The van der Waals surface area contributed by atoms with Crippen LogP contribution in [0.15, 0.2) is 91.0 Å². The zero-order chi connectivity index (χ0) is 33.9. The fraction of sp³-hybridized carbons (Fsp3) is 0.267. The van der Waals surface area contributed by atoms with Crippen molar-refractivity contribution in [3.8, 4) is 16.8 Å².